The molecule has 1 aromatic heterocycles. The molecule has 0 radical (unpaired) electrons. The molecule has 0 bridgehead atoms. The number of amides is 1. The highest BCUT2D eigenvalue weighted by molar-refractivity contribution is 5.91. The molecule has 3 rings (SSSR count). The van der Waals surface area contributed by atoms with Gasteiger partial charge in [0.1, 0.15) is 17.3 Å². The fourth-order valence-corrected chi connectivity index (χ4v) is 2.88. The van der Waals surface area contributed by atoms with Gasteiger partial charge in [0.25, 0.3) is 0 Å². The molecule has 0 spiro atoms. The summed E-state index contributed by atoms with van der Waals surface area (Å²) in [5.41, 5.74) is 1.03. The van der Waals surface area contributed by atoms with Gasteiger partial charge < -0.3 is 24.1 Å². The Morgan fingerprint density at radius 3 is 2.68 bits per heavy atom. The number of hydrogen-bond donors (Lipinski definition) is 1. The van der Waals surface area contributed by atoms with Crippen molar-refractivity contribution in [1.29, 1.82) is 0 Å². The summed E-state index contributed by atoms with van der Waals surface area (Å²) in [6.07, 6.45) is 5.62. The van der Waals surface area contributed by atoms with Crippen molar-refractivity contribution in [2.24, 2.45) is 0 Å². The second-order valence-electron chi connectivity index (χ2n) is 5.86. The van der Waals surface area contributed by atoms with Crippen LogP contribution in [0.25, 0.3) is 6.08 Å². The first kappa shape index (κ1) is 17.0. The van der Waals surface area contributed by atoms with Crippen LogP contribution in [0.4, 0.5) is 5.69 Å². The van der Waals surface area contributed by atoms with Crippen LogP contribution in [0, 0.1) is 0 Å². The summed E-state index contributed by atoms with van der Waals surface area (Å²) in [5.74, 6) is 2.05. The Balaban J connectivity index is 1.59. The van der Waals surface area contributed by atoms with Gasteiger partial charge in [-0.15, -0.1) is 0 Å². The van der Waals surface area contributed by atoms with Crippen molar-refractivity contribution < 1.29 is 18.7 Å². The summed E-state index contributed by atoms with van der Waals surface area (Å²) in [7, 11) is 3.27. The molecule has 25 heavy (non-hydrogen) atoms. The summed E-state index contributed by atoms with van der Waals surface area (Å²) in [6.45, 7) is 1.61. The summed E-state index contributed by atoms with van der Waals surface area (Å²) in [4.78, 5) is 14.3. The average Bonchev–Trinajstić information content (AvgIpc) is 3.31. The zero-order valence-corrected chi connectivity index (χ0v) is 14.4. The Kier molecular flexibility index (Phi) is 5.28. The number of carbonyl (C=O) groups is 1. The number of methoxy groups -OCH3 is 2. The van der Waals surface area contributed by atoms with E-state index in [1.807, 2.05) is 18.2 Å². The van der Waals surface area contributed by atoms with E-state index in [0.717, 1.165) is 36.7 Å². The van der Waals surface area contributed by atoms with Gasteiger partial charge in [0.05, 0.1) is 20.5 Å². The first-order valence-corrected chi connectivity index (χ1v) is 8.18. The number of nitrogens with zero attached hydrogens (tertiary/aromatic N) is 1. The minimum Gasteiger partial charge on any atom is -0.497 e. The van der Waals surface area contributed by atoms with E-state index in [-0.39, 0.29) is 11.9 Å². The molecule has 1 aliphatic heterocycles. The summed E-state index contributed by atoms with van der Waals surface area (Å²) < 4.78 is 15.8. The van der Waals surface area contributed by atoms with Crippen LogP contribution in [0.1, 0.15) is 12.2 Å². The van der Waals surface area contributed by atoms with E-state index in [9.17, 15) is 4.79 Å². The highest BCUT2D eigenvalue weighted by atomic mass is 16.5. The van der Waals surface area contributed by atoms with E-state index in [4.69, 9.17) is 13.9 Å². The first-order valence-electron chi connectivity index (χ1n) is 8.18. The largest absolute Gasteiger partial charge is 0.497 e. The number of anilines is 1. The second kappa shape index (κ2) is 7.79. The SMILES string of the molecule is COc1cc(OC)cc(N2CCC(NC(=O)/C=C/c3ccco3)C2)c1. The van der Waals surface area contributed by atoms with Crippen molar-refractivity contribution in [3.63, 3.8) is 0 Å². The highest BCUT2D eigenvalue weighted by Gasteiger charge is 2.24. The van der Waals surface area contributed by atoms with Crippen molar-refractivity contribution in [2.75, 3.05) is 32.2 Å². The Morgan fingerprint density at radius 1 is 1.28 bits per heavy atom. The number of furan rings is 1. The third kappa shape index (κ3) is 4.35. The highest BCUT2D eigenvalue weighted by Crippen LogP contribution is 2.30. The van der Waals surface area contributed by atoms with Crippen LogP contribution in [0.2, 0.25) is 0 Å². The molecule has 1 amide bonds. The molecule has 1 fully saturated rings. The quantitative estimate of drug-likeness (QED) is 0.818. The average molecular weight is 342 g/mol. The monoisotopic (exact) mass is 342 g/mol. The molecule has 2 aromatic rings. The van der Waals surface area contributed by atoms with Gasteiger partial charge in [0, 0.05) is 49.1 Å². The lowest BCUT2D eigenvalue weighted by atomic mass is 10.2. The van der Waals surface area contributed by atoms with Crippen LogP contribution in [0.3, 0.4) is 0 Å². The van der Waals surface area contributed by atoms with E-state index >= 15 is 0 Å². The van der Waals surface area contributed by atoms with Gasteiger partial charge in [-0.25, -0.2) is 0 Å². The molecule has 0 saturated carbocycles. The third-order valence-electron chi connectivity index (χ3n) is 4.18. The van der Waals surface area contributed by atoms with Gasteiger partial charge in [0.15, 0.2) is 0 Å². The Morgan fingerprint density at radius 2 is 2.04 bits per heavy atom. The predicted octanol–water partition coefficient (Wildman–Crippen LogP) is 2.71. The normalized spacial score (nSPS) is 17.0. The van der Waals surface area contributed by atoms with Gasteiger partial charge in [-0.2, -0.15) is 0 Å². The molecule has 132 valence electrons. The van der Waals surface area contributed by atoms with Crippen LogP contribution in [0.5, 0.6) is 11.5 Å². The minimum absolute atomic E-state index is 0.103. The lowest BCUT2D eigenvalue weighted by Crippen LogP contribution is -2.36. The van der Waals surface area contributed by atoms with E-state index in [1.165, 1.54) is 6.08 Å². The smallest absolute Gasteiger partial charge is 0.244 e. The standard InChI is InChI=1S/C19H22N2O4/c1-23-17-10-15(11-18(12-17)24-2)21-8-7-14(13-21)20-19(22)6-5-16-4-3-9-25-16/h3-6,9-12,14H,7-8,13H2,1-2H3,(H,20,22)/b6-5+. The lowest BCUT2D eigenvalue weighted by Gasteiger charge is -2.20. The molecule has 2 heterocycles. The van der Waals surface area contributed by atoms with Crippen molar-refractivity contribution in [3.8, 4) is 11.5 Å². The van der Waals surface area contributed by atoms with Crippen molar-refractivity contribution in [2.45, 2.75) is 12.5 Å². The topological polar surface area (TPSA) is 63.9 Å². The van der Waals surface area contributed by atoms with E-state index in [2.05, 4.69) is 10.2 Å². The predicted molar refractivity (Wildman–Crippen MR) is 96.0 cm³/mol. The fourth-order valence-electron chi connectivity index (χ4n) is 2.88. The van der Waals surface area contributed by atoms with Crippen LogP contribution < -0.4 is 19.7 Å². The molecule has 1 aromatic carbocycles. The molecule has 1 aliphatic rings. The lowest BCUT2D eigenvalue weighted by molar-refractivity contribution is -0.117. The van der Waals surface area contributed by atoms with Crippen molar-refractivity contribution in [3.05, 3.63) is 48.4 Å². The van der Waals surface area contributed by atoms with Crippen LogP contribution in [-0.2, 0) is 4.79 Å². The molecule has 1 N–H and O–H groups in total. The molecule has 1 unspecified atom stereocenters. The summed E-state index contributed by atoms with van der Waals surface area (Å²) in [5, 5.41) is 3.03. The number of ether oxygens (including phenoxy) is 2. The molecule has 6 nitrogen and oxygen atoms in total. The maximum atomic E-state index is 12.0. The van der Waals surface area contributed by atoms with Crippen molar-refractivity contribution >= 4 is 17.7 Å². The van der Waals surface area contributed by atoms with E-state index in [0.29, 0.717) is 5.76 Å². The Hall–Kier alpha value is -2.89. The van der Waals surface area contributed by atoms with Crippen molar-refractivity contribution in [1.82, 2.24) is 5.32 Å². The Labute approximate surface area is 147 Å². The zero-order chi connectivity index (χ0) is 17.6. The summed E-state index contributed by atoms with van der Waals surface area (Å²) >= 11 is 0. The molecule has 1 atom stereocenters. The van der Waals surface area contributed by atoms with Gasteiger partial charge in [-0.05, 0) is 24.6 Å². The second-order valence-corrected chi connectivity index (χ2v) is 5.86. The molecule has 1 saturated heterocycles. The number of nitrogens with one attached hydrogen (secondary N) is 1. The molecular formula is C19H22N2O4. The van der Waals surface area contributed by atoms with Gasteiger partial charge in [-0.1, -0.05) is 0 Å². The molecular weight excluding hydrogens is 320 g/mol. The number of benzene rings is 1. The number of hydrogen-bond acceptors (Lipinski definition) is 5. The number of carbonyl (C=O) groups excluding carboxylic acids is 1. The molecule has 6 heteroatoms. The number of rotatable bonds is 6. The van der Waals surface area contributed by atoms with Gasteiger partial charge >= 0.3 is 0 Å². The maximum Gasteiger partial charge on any atom is 0.244 e. The Bertz CT molecular complexity index is 718. The maximum absolute atomic E-state index is 12.0. The van der Waals surface area contributed by atoms with E-state index < -0.39 is 0 Å². The fraction of sp³-hybridized carbons (Fsp3) is 0.316. The van der Waals surface area contributed by atoms with Gasteiger partial charge in [-0.3, -0.25) is 4.79 Å². The minimum atomic E-state index is -0.119. The summed E-state index contributed by atoms with van der Waals surface area (Å²) in [6, 6.07) is 9.49. The van der Waals surface area contributed by atoms with Crippen LogP contribution >= 0.6 is 0 Å². The zero-order valence-electron chi connectivity index (χ0n) is 14.4. The van der Waals surface area contributed by atoms with Crippen LogP contribution in [0.15, 0.2) is 47.1 Å². The molecule has 0 aliphatic carbocycles. The van der Waals surface area contributed by atoms with Gasteiger partial charge in [0.2, 0.25) is 5.91 Å². The van der Waals surface area contributed by atoms with E-state index in [1.54, 1.807) is 38.7 Å². The van der Waals surface area contributed by atoms with Crippen LogP contribution in [-0.4, -0.2) is 39.3 Å². The first-order chi connectivity index (χ1) is 12.2. The third-order valence-corrected chi connectivity index (χ3v) is 4.18.